The molecular formula is C11H13NO3. The first-order valence-electron chi connectivity index (χ1n) is 4.92. The van der Waals surface area contributed by atoms with E-state index in [0.717, 1.165) is 25.1 Å². The molecule has 1 aromatic carbocycles. The van der Waals surface area contributed by atoms with Crippen LogP contribution >= 0.6 is 0 Å². The predicted molar refractivity (Wildman–Crippen MR) is 56.3 cm³/mol. The standard InChI is InChI=1S/C11H13NO3/c1-14-11(13)15-9-4-5-10-8(7-9)3-2-6-12-10/h4-5,7,12H,2-3,6H2,1H3. The topological polar surface area (TPSA) is 47.6 Å². The molecule has 0 fully saturated rings. The van der Waals surface area contributed by atoms with Crippen LogP contribution in [0.25, 0.3) is 0 Å². The Bertz CT molecular complexity index is 376. The van der Waals surface area contributed by atoms with Crippen molar-refractivity contribution < 1.29 is 14.3 Å². The van der Waals surface area contributed by atoms with Crippen LogP contribution in [-0.2, 0) is 11.2 Å². The highest BCUT2D eigenvalue weighted by Gasteiger charge is 2.10. The Kier molecular flexibility index (Phi) is 2.76. The number of carbonyl (C=O) groups is 1. The van der Waals surface area contributed by atoms with Gasteiger partial charge in [-0.3, -0.25) is 0 Å². The Morgan fingerprint density at radius 2 is 2.33 bits per heavy atom. The van der Waals surface area contributed by atoms with E-state index in [2.05, 4.69) is 10.1 Å². The van der Waals surface area contributed by atoms with E-state index in [-0.39, 0.29) is 0 Å². The fourth-order valence-electron chi connectivity index (χ4n) is 1.65. The van der Waals surface area contributed by atoms with Crippen LogP contribution in [0.3, 0.4) is 0 Å². The Morgan fingerprint density at radius 1 is 1.47 bits per heavy atom. The van der Waals surface area contributed by atoms with Gasteiger partial charge in [-0.25, -0.2) is 4.79 Å². The zero-order valence-corrected chi connectivity index (χ0v) is 8.58. The number of hydrogen-bond donors (Lipinski definition) is 1. The zero-order valence-electron chi connectivity index (χ0n) is 8.58. The molecule has 0 aliphatic carbocycles. The van der Waals surface area contributed by atoms with Crippen molar-refractivity contribution in [2.45, 2.75) is 12.8 Å². The lowest BCUT2D eigenvalue weighted by Crippen LogP contribution is -2.12. The fraction of sp³-hybridized carbons (Fsp3) is 0.364. The van der Waals surface area contributed by atoms with Crippen LogP contribution in [0.15, 0.2) is 18.2 Å². The summed E-state index contributed by atoms with van der Waals surface area (Å²) in [7, 11) is 1.29. The van der Waals surface area contributed by atoms with Gasteiger partial charge < -0.3 is 14.8 Å². The summed E-state index contributed by atoms with van der Waals surface area (Å²) in [5.41, 5.74) is 2.31. The van der Waals surface area contributed by atoms with Crippen molar-refractivity contribution in [3.63, 3.8) is 0 Å². The van der Waals surface area contributed by atoms with E-state index in [4.69, 9.17) is 4.74 Å². The SMILES string of the molecule is COC(=O)Oc1ccc2c(c1)CCCN2. The second kappa shape index (κ2) is 4.21. The molecule has 1 aliphatic rings. The number of hydrogen-bond acceptors (Lipinski definition) is 4. The van der Waals surface area contributed by atoms with Crippen LogP contribution in [0.4, 0.5) is 10.5 Å². The Morgan fingerprint density at radius 3 is 3.13 bits per heavy atom. The number of ether oxygens (including phenoxy) is 2. The summed E-state index contributed by atoms with van der Waals surface area (Å²) in [6.45, 7) is 1.00. The Balaban J connectivity index is 2.17. The van der Waals surface area contributed by atoms with Crippen molar-refractivity contribution in [3.8, 4) is 5.75 Å². The molecule has 0 unspecified atom stereocenters. The molecule has 0 radical (unpaired) electrons. The molecule has 0 saturated heterocycles. The Hall–Kier alpha value is -1.71. The van der Waals surface area contributed by atoms with E-state index in [1.165, 1.54) is 12.7 Å². The maximum atomic E-state index is 10.9. The molecule has 1 heterocycles. The van der Waals surface area contributed by atoms with E-state index >= 15 is 0 Å². The number of nitrogens with one attached hydrogen (secondary N) is 1. The minimum Gasteiger partial charge on any atom is -0.437 e. The molecule has 0 amide bonds. The van der Waals surface area contributed by atoms with Gasteiger partial charge in [0.25, 0.3) is 0 Å². The molecule has 0 bridgehead atoms. The lowest BCUT2D eigenvalue weighted by atomic mass is 10.0. The molecule has 0 atom stereocenters. The summed E-state index contributed by atoms with van der Waals surface area (Å²) in [4.78, 5) is 10.9. The molecule has 0 aromatic heterocycles. The minimum absolute atomic E-state index is 0.532. The average molecular weight is 207 g/mol. The lowest BCUT2D eigenvalue weighted by molar-refractivity contribution is 0.121. The second-order valence-corrected chi connectivity index (χ2v) is 3.41. The molecule has 1 N–H and O–H groups in total. The third-order valence-electron chi connectivity index (χ3n) is 2.38. The summed E-state index contributed by atoms with van der Waals surface area (Å²) in [6.07, 6.45) is 1.44. The molecule has 0 saturated carbocycles. The number of carbonyl (C=O) groups excluding carboxylic acids is 1. The van der Waals surface area contributed by atoms with Crippen LogP contribution < -0.4 is 10.1 Å². The van der Waals surface area contributed by atoms with Gasteiger partial charge in [0.15, 0.2) is 0 Å². The van der Waals surface area contributed by atoms with E-state index < -0.39 is 6.16 Å². The highest BCUT2D eigenvalue weighted by Crippen LogP contribution is 2.26. The van der Waals surface area contributed by atoms with Gasteiger partial charge in [-0.05, 0) is 36.6 Å². The van der Waals surface area contributed by atoms with Crippen LogP contribution in [0, 0.1) is 0 Å². The minimum atomic E-state index is -0.682. The van der Waals surface area contributed by atoms with Crippen molar-refractivity contribution in [2.24, 2.45) is 0 Å². The number of anilines is 1. The van der Waals surface area contributed by atoms with Crippen LogP contribution in [0.1, 0.15) is 12.0 Å². The smallest absolute Gasteiger partial charge is 0.437 e. The summed E-state index contributed by atoms with van der Waals surface area (Å²) in [5, 5.41) is 3.29. The average Bonchev–Trinajstić information content (AvgIpc) is 2.29. The predicted octanol–water partition coefficient (Wildman–Crippen LogP) is 2.19. The van der Waals surface area contributed by atoms with Gasteiger partial charge in [-0.2, -0.15) is 0 Å². The first-order valence-corrected chi connectivity index (χ1v) is 4.92. The first-order chi connectivity index (χ1) is 7.29. The van der Waals surface area contributed by atoms with E-state index in [1.54, 1.807) is 6.07 Å². The molecule has 80 valence electrons. The quantitative estimate of drug-likeness (QED) is 0.566. The summed E-state index contributed by atoms with van der Waals surface area (Å²) < 4.78 is 9.36. The van der Waals surface area contributed by atoms with Crippen molar-refractivity contribution in [2.75, 3.05) is 19.0 Å². The van der Waals surface area contributed by atoms with Gasteiger partial charge in [-0.1, -0.05) is 0 Å². The van der Waals surface area contributed by atoms with E-state index in [1.807, 2.05) is 12.1 Å². The summed E-state index contributed by atoms with van der Waals surface area (Å²) in [5.74, 6) is 0.532. The molecule has 1 aliphatic heterocycles. The Labute approximate surface area is 88.2 Å². The molecular weight excluding hydrogens is 194 g/mol. The summed E-state index contributed by atoms with van der Waals surface area (Å²) >= 11 is 0. The molecule has 2 rings (SSSR count). The molecule has 4 heteroatoms. The number of benzene rings is 1. The van der Waals surface area contributed by atoms with Crippen LogP contribution in [-0.4, -0.2) is 19.8 Å². The van der Waals surface area contributed by atoms with E-state index in [9.17, 15) is 4.79 Å². The molecule has 4 nitrogen and oxygen atoms in total. The highest BCUT2D eigenvalue weighted by atomic mass is 16.7. The van der Waals surface area contributed by atoms with Crippen molar-refractivity contribution in [3.05, 3.63) is 23.8 Å². The lowest BCUT2D eigenvalue weighted by Gasteiger charge is -2.18. The molecule has 15 heavy (non-hydrogen) atoms. The largest absolute Gasteiger partial charge is 0.513 e. The van der Waals surface area contributed by atoms with Crippen molar-refractivity contribution in [1.82, 2.24) is 0 Å². The second-order valence-electron chi connectivity index (χ2n) is 3.41. The van der Waals surface area contributed by atoms with Gasteiger partial charge in [0, 0.05) is 12.2 Å². The number of aryl methyl sites for hydroxylation is 1. The monoisotopic (exact) mass is 207 g/mol. The van der Waals surface area contributed by atoms with Gasteiger partial charge in [-0.15, -0.1) is 0 Å². The third-order valence-corrected chi connectivity index (χ3v) is 2.38. The van der Waals surface area contributed by atoms with Crippen LogP contribution in [0.2, 0.25) is 0 Å². The number of rotatable bonds is 1. The highest BCUT2D eigenvalue weighted by molar-refractivity contribution is 5.65. The third kappa shape index (κ3) is 2.21. The summed E-state index contributed by atoms with van der Waals surface area (Å²) in [6, 6.07) is 5.55. The van der Waals surface area contributed by atoms with Gasteiger partial charge in [0.2, 0.25) is 0 Å². The van der Waals surface area contributed by atoms with Gasteiger partial charge >= 0.3 is 6.16 Å². The van der Waals surface area contributed by atoms with Crippen LogP contribution in [0.5, 0.6) is 5.75 Å². The number of methoxy groups -OCH3 is 1. The number of fused-ring (bicyclic) bond motifs is 1. The van der Waals surface area contributed by atoms with Gasteiger partial charge in [0.1, 0.15) is 5.75 Å². The van der Waals surface area contributed by atoms with E-state index in [0.29, 0.717) is 5.75 Å². The van der Waals surface area contributed by atoms with Gasteiger partial charge in [0.05, 0.1) is 7.11 Å². The first kappa shape index (κ1) is 9.83. The molecule has 1 aromatic rings. The maximum absolute atomic E-state index is 10.9. The van der Waals surface area contributed by atoms with Crippen molar-refractivity contribution >= 4 is 11.8 Å². The molecule has 0 spiro atoms. The zero-order chi connectivity index (χ0) is 10.7. The fourth-order valence-corrected chi connectivity index (χ4v) is 1.65. The maximum Gasteiger partial charge on any atom is 0.513 e. The normalized spacial score (nSPS) is 13.7. The van der Waals surface area contributed by atoms with Crippen molar-refractivity contribution in [1.29, 1.82) is 0 Å².